The third-order valence-electron chi connectivity index (χ3n) is 6.47. The Kier molecular flexibility index (Phi) is 8.53. The van der Waals surface area contributed by atoms with Gasteiger partial charge in [-0.25, -0.2) is 0 Å². The zero-order valence-electron chi connectivity index (χ0n) is 22.3. The van der Waals surface area contributed by atoms with Crippen LogP contribution in [0.15, 0.2) is 53.7 Å². The molecule has 38 heavy (non-hydrogen) atoms. The largest absolute Gasteiger partial charge is 0.493 e. The fourth-order valence-corrected chi connectivity index (χ4v) is 4.95. The summed E-state index contributed by atoms with van der Waals surface area (Å²) in [7, 11) is 1.53. The van der Waals surface area contributed by atoms with Gasteiger partial charge in [-0.3, -0.25) is 9.59 Å². The Labute approximate surface area is 228 Å². The SMILES string of the molecule is COc1cc([C@H]2NC(=S)NC(C)=C2C(=O)Nc2ccc(C)cc2)ccc1OCC(=O)N1C[C@@H](C)O[C@@H](C)C1. The number of thiocarbonyl (C=S) groups is 1. The summed E-state index contributed by atoms with van der Waals surface area (Å²) < 4.78 is 17.1. The number of nitrogens with one attached hydrogen (secondary N) is 3. The normalized spacial score (nSPS) is 21.3. The average Bonchev–Trinajstić information content (AvgIpc) is 2.87. The number of ether oxygens (including phenoxy) is 3. The first kappa shape index (κ1) is 27.4. The third kappa shape index (κ3) is 6.43. The van der Waals surface area contributed by atoms with Gasteiger partial charge in [-0.2, -0.15) is 0 Å². The van der Waals surface area contributed by atoms with Crippen LogP contribution < -0.4 is 25.4 Å². The standard InChI is InChI=1S/C28H34N4O5S/c1-16-6-9-21(10-7-16)30-27(34)25-19(4)29-28(38)31-26(25)20-8-11-22(23(12-20)35-5)36-15-24(33)32-13-17(2)37-18(3)14-32/h6-12,17-18,26H,13-15H2,1-5H3,(H,30,34)(H2,29,31,38)/t17-,18+,26-/m1/s1. The number of morpholine rings is 1. The van der Waals surface area contributed by atoms with Crippen LogP contribution in [0.2, 0.25) is 0 Å². The second kappa shape index (κ2) is 11.8. The van der Waals surface area contributed by atoms with Crippen LogP contribution >= 0.6 is 12.2 Å². The van der Waals surface area contributed by atoms with Gasteiger partial charge in [0.15, 0.2) is 23.2 Å². The first-order chi connectivity index (χ1) is 18.1. The summed E-state index contributed by atoms with van der Waals surface area (Å²) in [4.78, 5) is 27.9. The predicted octanol–water partition coefficient (Wildman–Crippen LogP) is 3.45. The fraction of sp³-hybridized carbons (Fsp3) is 0.393. The Bertz CT molecular complexity index is 1240. The summed E-state index contributed by atoms with van der Waals surface area (Å²) in [5.74, 6) is 0.512. The van der Waals surface area contributed by atoms with Crippen molar-refractivity contribution in [2.75, 3.05) is 32.1 Å². The van der Waals surface area contributed by atoms with Crippen LogP contribution in [0.1, 0.15) is 37.9 Å². The molecule has 0 radical (unpaired) electrons. The van der Waals surface area contributed by atoms with Gasteiger partial charge in [0.2, 0.25) is 0 Å². The first-order valence-electron chi connectivity index (χ1n) is 12.5. The maximum absolute atomic E-state index is 13.3. The number of carbonyl (C=O) groups is 2. The van der Waals surface area contributed by atoms with Gasteiger partial charge < -0.3 is 35.1 Å². The molecule has 9 nitrogen and oxygen atoms in total. The lowest BCUT2D eigenvalue weighted by Gasteiger charge is -2.35. The molecule has 2 heterocycles. The topological polar surface area (TPSA) is 101 Å². The summed E-state index contributed by atoms with van der Waals surface area (Å²) >= 11 is 5.38. The molecular formula is C28H34N4O5S. The molecular weight excluding hydrogens is 504 g/mol. The minimum Gasteiger partial charge on any atom is -0.493 e. The number of aryl methyl sites for hydroxylation is 1. The smallest absolute Gasteiger partial charge is 0.260 e. The number of benzene rings is 2. The van der Waals surface area contributed by atoms with Gasteiger partial charge in [0.1, 0.15) is 0 Å². The maximum atomic E-state index is 13.3. The minimum absolute atomic E-state index is 0.0194. The number of hydrogen-bond donors (Lipinski definition) is 3. The van der Waals surface area contributed by atoms with Crippen LogP contribution in [0.4, 0.5) is 5.69 Å². The summed E-state index contributed by atoms with van der Waals surface area (Å²) in [5.41, 5.74) is 3.71. The first-order valence-corrected chi connectivity index (χ1v) is 13.0. The Morgan fingerprint density at radius 2 is 1.76 bits per heavy atom. The van der Waals surface area contributed by atoms with E-state index in [0.29, 0.717) is 46.7 Å². The molecule has 2 amide bonds. The molecule has 10 heteroatoms. The quantitative estimate of drug-likeness (QED) is 0.461. The van der Waals surface area contributed by atoms with E-state index in [1.54, 1.807) is 17.0 Å². The lowest BCUT2D eigenvalue weighted by Crippen LogP contribution is -2.49. The van der Waals surface area contributed by atoms with E-state index in [-0.39, 0.29) is 30.6 Å². The summed E-state index contributed by atoms with van der Waals surface area (Å²) in [6.45, 7) is 8.65. The summed E-state index contributed by atoms with van der Waals surface area (Å²) in [5, 5.41) is 9.62. The molecule has 202 valence electrons. The van der Waals surface area contributed by atoms with Crippen molar-refractivity contribution < 1.29 is 23.8 Å². The van der Waals surface area contributed by atoms with E-state index < -0.39 is 6.04 Å². The number of amides is 2. The monoisotopic (exact) mass is 538 g/mol. The maximum Gasteiger partial charge on any atom is 0.260 e. The highest BCUT2D eigenvalue weighted by Gasteiger charge is 2.31. The Morgan fingerprint density at radius 3 is 2.42 bits per heavy atom. The van der Waals surface area contributed by atoms with E-state index in [1.165, 1.54) is 7.11 Å². The van der Waals surface area contributed by atoms with Crippen molar-refractivity contribution in [3.63, 3.8) is 0 Å². The van der Waals surface area contributed by atoms with Crippen LogP contribution in [0.3, 0.4) is 0 Å². The van der Waals surface area contributed by atoms with Crippen molar-refractivity contribution in [1.29, 1.82) is 0 Å². The predicted molar refractivity (Wildman–Crippen MR) is 149 cm³/mol. The number of allylic oxidation sites excluding steroid dienone is 1. The van der Waals surface area contributed by atoms with E-state index in [9.17, 15) is 9.59 Å². The van der Waals surface area contributed by atoms with Gasteiger partial charge in [-0.1, -0.05) is 23.8 Å². The number of methoxy groups -OCH3 is 1. The Hall–Kier alpha value is -3.63. The molecule has 3 atom stereocenters. The molecule has 0 bridgehead atoms. The van der Waals surface area contributed by atoms with Crippen LogP contribution in [-0.2, 0) is 14.3 Å². The molecule has 1 saturated heterocycles. The zero-order chi connectivity index (χ0) is 27.4. The van der Waals surface area contributed by atoms with Crippen LogP contribution in [0.5, 0.6) is 11.5 Å². The third-order valence-corrected chi connectivity index (χ3v) is 6.69. The lowest BCUT2D eigenvalue weighted by molar-refractivity contribution is -0.145. The second-order valence-corrected chi connectivity index (χ2v) is 10.1. The summed E-state index contributed by atoms with van der Waals surface area (Å²) in [6.07, 6.45) is -0.0389. The molecule has 4 rings (SSSR count). The molecule has 0 saturated carbocycles. The molecule has 2 aliphatic heterocycles. The van der Waals surface area contributed by atoms with E-state index in [2.05, 4.69) is 16.0 Å². The summed E-state index contributed by atoms with van der Waals surface area (Å²) in [6, 6.07) is 12.4. The van der Waals surface area contributed by atoms with E-state index in [4.69, 9.17) is 26.4 Å². The van der Waals surface area contributed by atoms with Crippen molar-refractivity contribution in [1.82, 2.24) is 15.5 Å². The number of nitrogens with zero attached hydrogens (tertiary/aromatic N) is 1. The van der Waals surface area contributed by atoms with Gasteiger partial charge in [0.25, 0.3) is 11.8 Å². The molecule has 2 aromatic carbocycles. The van der Waals surface area contributed by atoms with Crippen molar-refractivity contribution in [3.05, 3.63) is 64.9 Å². The minimum atomic E-state index is -0.518. The van der Waals surface area contributed by atoms with Gasteiger partial charge in [0.05, 0.1) is 30.9 Å². The van der Waals surface area contributed by atoms with Gasteiger partial charge in [0, 0.05) is 24.5 Å². The molecule has 0 spiro atoms. The highest BCUT2D eigenvalue weighted by atomic mass is 32.1. The number of rotatable bonds is 7. The highest BCUT2D eigenvalue weighted by Crippen LogP contribution is 2.34. The van der Waals surface area contributed by atoms with Gasteiger partial charge >= 0.3 is 0 Å². The van der Waals surface area contributed by atoms with Gasteiger partial charge in [-0.15, -0.1) is 0 Å². The van der Waals surface area contributed by atoms with Crippen LogP contribution in [-0.4, -0.2) is 60.8 Å². The molecule has 0 aliphatic carbocycles. The van der Waals surface area contributed by atoms with Gasteiger partial charge in [-0.05, 0) is 69.7 Å². The lowest BCUT2D eigenvalue weighted by atomic mass is 9.94. The molecule has 1 fully saturated rings. The number of anilines is 1. The molecule has 2 aliphatic rings. The number of carbonyl (C=O) groups excluding carboxylic acids is 2. The van der Waals surface area contributed by atoms with Crippen molar-refractivity contribution in [3.8, 4) is 11.5 Å². The molecule has 2 aromatic rings. The van der Waals surface area contributed by atoms with E-state index >= 15 is 0 Å². The molecule has 3 N–H and O–H groups in total. The zero-order valence-corrected chi connectivity index (χ0v) is 23.1. The van der Waals surface area contributed by atoms with E-state index in [1.807, 2.05) is 58.0 Å². The molecule has 0 unspecified atom stereocenters. The van der Waals surface area contributed by atoms with Crippen molar-refractivity contribution in [2.24, 2.45) is 0 Å². The number of hydrogen-bond acceptors (Lipinski definition) is 6. The second-order valence-electron chi connectivity index (χ2n) is 9.65. The Morgan fingerprint density at radius 1 is 1.08 bits per heavy atom. The fourth-order valence-electron chi connectivity index (χ4n) is 4.68. The highest BCUT2D eigenvalue weighted by molar-refractivity contribution is 7.80. The van der Waals surface area contributed by atoms with Crippen molar-refractivity contribution >= 4 is 34.8 Å². The van der Waals surface area contributed by atoms with E-state index in [0.717, 1.165) is 11.1 Å². The average molecular weight is 539 g/mol. The Balaban J connectivity index is 1.52. The van der Waals surface area contributed by atoms with Crippen LogP contribution in [0.25, 0.3) is 0 Å². The van der Waals surface area contributed by atoms with Crippen LogP contribution in [0, 0.1) is 6.92 Å². The van der Waals surface area contributed by atoms with Crippen molar-refractivity contribution in [2.45, 2.75) is 45.9 Å². The molecule has 0 aromatic heterocycles.